The predicted molar refractivity (Wildman–Crippen MR) is 95.4 cm³/mol. The minimum atomic E-state index is 0.0618. The number of aryl methyl sites for hydroxylation is 2. The molecule has 0 unspecified atom stereocenters. The average Bonchev–Trinajstić information content (AvgIpc) is 3.16. The molecule has 0 N–H and O–H groups in total. The number of imidazole rings is 1. The van der Waals surface area contributed by atoms with E-state index in [2.05, 4.69) is 19.5 Å². The highest BCUT2D eigenvalue weighted by Crippen LogP contribution is 2.23. The number of carbonyl (C=O) groups is 1. The van der Waals surface area contributed by atoms with Crippen molar-refractivity contribution in [2.75, 3.05) is 13.1 Å². The smallest absolute Gasteiger partial charge is 0.254 e. The van der Waals surface area contributed by atoms with Gasteiger partial charge in [0, 0.05) is 31.0 Å². The largest absolute Gasteiger partial charge is 0.337 e. The summed E-state index contributed by atoms with van der Waals surface area (Å²) in [6, 6.07) is 5.90. The third-order valence-electron chi connectivity index (χ3n) is 4.95. The molecular formula is C19H21N5O. The molecule has 1 saturated heterocycles. The zero-order valence-corrected chi connectivity index (χ0v) is 14.5. The molecule has 1 amide bonds. The van der Waals surface area contributed by atoms with Crippen LogP contribution in [0.5, 0.6) is 0 Å². The Kier molecular flexibility index (Phi) is 3.95. The number of amides is 1. The third kappa shape index (κ3) is 2.99. The van der Waals surface area contributed by atoms with Gasteiger partial charge in [-0.15, -0.1) is 0 Å². The van der Waals surface area contributed by atoms with E-state index >= 15 is 0 Å². The molecule has 1 aliphatic heterocycles. The fraction of sp³-hybridized carbons (Fsp3) is 0.368. The molecule has 3 heterocycles. The number of rotatable bonds is 2. The maximum absolute atomic E-state index is 13.0. The molecule has 0 saturated carbocycles. The van der Waals surface area contributed by atoms with E-state index in [4.69, 9.17) is 0 Å². The van der Waals surface area contributed by atoms with Gasteiger partial charge in [0.1, 0.15) is 0 Å². The van der Waals surface area contributed by atoms with Crippen LogP contribution in [0.25, 0.3) is 11.0 Å². The molecule has 3 aromatic rings. The second-order valence-corrected chi connectivity index (χ2v) is 6.66. The summed E-state index contributed by atoms with van der Waals surface area (Å²) in [7, 11) is 0. The van der Waals surface area contributed by atoms with Crippen LogP contribution in [0.4, 0.5) is 0 Å². The molecule has 0 aliphatic carbocycles. The standard InChI is InChI=1S/C19H21N5O/c1-13-14(2)22-18-10-15(5-6-17(18)21-13)19(25)23-8-3-4-16(11-23)24-9-7-20-12-24/h5-7,9-10,12,16H,3-4,8,11H2,1-2H3/t16-/m0/s1. The Morgan fingerprint density at radius 1 is 1.16 bits per heavy atom. The minimum Gasteiger partial charge on any atom is -0.337 e. The van der Waals surface area contributed by atoms with E-state index < -0.39 is 0 Å². The number of nitrogens with zero attached hydrogens (tertiary/aromatic N) is 5. The number of hydrogen-bond donors (Lipinski definition) is 0. The fourth-order valence-corrected chi connectivity index (χ4v) is 3.41. The van der Waals surface area contributed by atoms with Crippen LogP contribution in [0.1, 0.15) is 40.6 Å². The van der Waals surface area contributed by atoms with Crippen LogP contribution >= 0.6 is 0 Å². The Hall–Kier alpha value is -2.76. The number of hydrogen-bond acceptors (Lipinski definition) is 4. The minimum absolute atomic E-state index is 0.0618. The number of piperidine rings is 1. The Balaban J connectivity index is 1.59. The normalized spacial score (nSPS) is 17.8. The Bertz CT molecular complexity index is 919. The lowest BCUT2D eigenvalue weighted by Gasteiger charge is -2.33. The van der Waals surface area contributed by atoms with Crippen LogP contribution in [0.2, 0.25) is 0 Å². The van der Waals surface area contributed by atoms with Gasteiger partial charge in [-0.1, -0.05) is 0 Å². The molecule has 6 nitrogen and oxygen atoms in total. The van der Waals surface area contributed by atoms with Crippen molar-refractivity contribution in [3.8, 4) is 0 Å². The first-order chi connectivity index (χ1) is 12.1. The summed E-state index contributed by atoms with van der Waals surface area (Å²) in [5, 5.41) is 0. The summed E-state index contributed by atoms with van der Waals surface area (Å²) in [6.45, 7) is 5.40. The SMILES string of the molecule is Cc1nc2ccc(C(=O)N3CCC[C@H](n4ccnc4)C3)cc2nc1C. The van der Waals surface area contributed by atoms with Gasteiger partial charge in [0.25, 0.3) is 5.91 Å². The van der Waals surface area contributed by atoms with Crippen molar-refractivity contribution >= 4 is 16.9 Å². The van der Waals surface area contributed by atoms with E-state index in [1.165, 1.54) is 0 Å². The van der Waals surface area contributed by atoms with Crippen molar-refractivity contribution < 1.29 is 4.79 Å². The highest BCUT2D eigenvalue weighted by atomic mass is 16.2. The number of carbonyl (C=O) groups excluding carboxylic acids is 1. The van der Waals surface area contributed by atoms with Gasteiger partial charge < -0.3 is 9.47 Å². The summed E-state index contributed by atoms with van der Waals surface area (Å²) in [5.41, 5.74) is 4.10. The first kappa shape index (κ1) is 15.7. The van der Waals surface area contributed by atoms with Gasteiger partial charge >= 0.3 is 0 Å². The monoisotopic (exact) mass is 335 g/mol. The van der Waals surface area contributed by atoms with Crippen LogP contribution < -0.4 is 0 Å². The van der Waals surface area contributed by atoms with Gasteiger partial charge in [-0.25, -0.2) is 15.0 Å². The van der Waals surface area contributed by atoms with E-state index in [1.807, 2.05) is 49.5 Å². The summed E-state index contributed by atoms with van der Waals surface area (Å²) >= 11 is 0. The summed E-state index contributed by atoms with van der Waals surface area (Å²) < 4.78 is 2.09. The molecule has 6 heteroatoms. The maximum Gasteiger partial charge on any atom is 0.254 e. The van der Waals surface area contributed by atoms with E-state index in [0.717, 1.165) is 41.8 Å². The fourth-order valence-electron chi connectivity index (χ4n) is 3.41. The summed E-state index contributed by atoms with van der Waals surface area (Å²) in [6.07, 6.45) is 7.65. The molecule has 128 valence electrons. The Morgan fingerprint density at radius 2 is 1.96 bits per heavy atom. The average molecular weight is 335 g/mol. The van der Waals surface area contributed by atoms with Gasteiger partial charge in [0.05, 0.1) is 34.8 Å². The number of benzene rings is 1. The molecule has 0 spiro atoms. The molecule has 4 rings (SSSR count). The van der Waals surface area contributed by atoms with Gasteiger partial charge in [0.15, 0.2) is 0 Å². The molecule has 1 aliphatic rings. The van der Waals surface area contributed by atoms with E-state index in [9.17, 15) is 4.79 Å². The second-order valence-electron chi connectivity index (χ2n) is 6.66. The topological polar surface area (TPSA) is 63.9 Å². The van der Waals surface area contributed by atoms with Crippen LogP contribution in [0.3, 0.4) is 0 Å². The summed E-state index contributed by atoms with van der Waals surface area (Å²) in [4.78, 5) is 28.1. The Labute approximate surface area is 146 Å². The van der Waals surface area contributed by atoms with E-state index in [1.54, 1.807) is 6.20 Å². The maximum atomic E-state index is 13.0. The van der Waals surface area contributed by atoms with Crippen LogP contribution in [0.15, 0.2) is 36.9 Å². The second kappa shape index (κ2) is 6.27. The highest BCUT2D eigenvalue weighted by molar-refractivity contribution is 5.97. The number of fused-ring (bicyclic) bond motifs is 1. The van der Waals surface area contributed by atoms with Crippen molar-refractivity contribution in [1.82, 2.24) is 24.4 Å². The molecule has 1 atom stereocenters. The van der Waals surface area contributed by atoms with Crippen molar-refractivity contribution in [3.05, 3.63) is 53.9 Å². The first-order valence-electron chi connectivity index (χ1n) is 8.63. The van der Waals surface area contributed by atoms with E-state index in [-0.39, 0.29) is 5.91 Å². The Morgan fingerprint density at radius 3 is 2.72 bits per heavy atom. The highest BCUT2D eigenvalue weighted by Gasteiger charge is 2.25. The quantitative estimate of drug-likeness (QED) is 0.722. The third-order valence-corrected chi connectivity index (χ3v) is 4.95. The van der Waals surface area contributed by atoms with Crippen molar-refractivity contribution in [2.24, 2.45) is 0 Å². The lowest BCUT2D eigenvalue weighted by atomic mass is 10.0. The first-order valence-corrected chi connectivity index (χ1v) is 8.63. The van der Waals surface area contributed by atoms with Gasteiger partial charge in [-0.3, -0.25) is 4.79 Å². The number of likely N-dealkylation sites (tertiary alicyclic amines) is 1. The zero-order chi connectivity index (χ0) is 17.4. The van der Waals surface area contributed by atoms with Crippen LogP contribution in [-0.2, 0) is 0 Å². The van der Waals surface area contributed by atoms with E-state index in [0.29, 0.717) is 18.2 Å². The molecule has 2 aromatic heterocycles. The lowest BCUT2D eigenvalue weighted by molar-refractivity contribution is 0.0679. The molecule has 0 bridgehead atoms. The van der Waals surface area contributed by atoms with Crippen molar-refractivity contribution in [1.29, 1.82) is 0 Å². The van der Waals surface area contributed by atoms with Crippen molar-refractivity contribution in [2.45, 2.75) is 32.7 Å². The molecular weight excluding hydrogens is 314 g/mol. The van der Waals surface area contributed by atoms with Crippen LogP contribution in [0, 0.1) is 13.8 Å². The van der Waals surface area contributed by atoms with Crippen LogP contribution in [-0.4, -0.2) is 43.4 Å². The molecule has 0 radical (unpaired) electrons. The predicted octanol–water partition coefficient (Wildman–Crippen LogP) is 2.92. The molecule has 1 aromatic carbocycles. The van der Waals surface area contributed by atoms with Crippen molar-refractivity contribution in [3.63, 3.8) is 0 Å². The summed E-state index contributed by atoms with van der Waals surface area (Å²) in [5.74, 6) is 0.0618. The zero-order valence-electron chi connectivity index (χ0n) is 14.5. The molecule has 25 heavy (non-hydrogen) atoms. The van der Waals surface area contributed by atoms with Gasteiger partial charge in [-0.2, -0.15) is 0 Å². The van der Waals surface area contributed by atoms with Gasteiger partial charge in [0.2, 0.25) is 0 Å². The number of aromatic nitrogens is 4. The molecule has 1 fully saturated rings. The van der Waals surface area contributed by atoms with Gasteiger partial charge in [-0.05, 0) is 44.9 Å². The lowest BCUT2D eigenvalue weighted by Crippen LogP contribution is -2.40.